The molecule has 1 rings (SSSR count). The van der Waals surface area contributed by atoms with Crippen molar-refractivity contribution in [3.8, 4) is 5.88 Å². The van der Waals surface area contributed by atoms with Crippen LogP contribution in [0.15, 0.2) is 10.9 Å². The topological polar surface area (TPSA) is 92.0 Å². The first-order valence-electron chi connectivity index (χ1n) is 2.24. The van der Waals surface area contributed by atoms with Crippen LogP contribution in [0.4, 0.5) is 5.95 Å². The van der Waals surface area contributed by atoms with Gasteiger partial charge < -0.3 is 13.7 Å². The van der Waals surface area contributed by atoms with Gasteiger partial charge in [-0.3, -0.25) is 9.78 Å². The fourth-order valence-electron chi connectivity index (χ4n) is 0.463. The van der Waals surface area contributed by atoms with Gasteiger partial charge in [-0.15, -0.1) is 0 Å². The first-order chi connectivity index (χ1) is 4.18. The van der Waals surface area contributed by atoms with Gasteiger partial charge in [0.25, 0.3) is 5.56 Å². The molecule has 0 atom stereocenters. The fraction of sp³-hybridized carbons (Fsp3) is 0. The quantitative estimate of drug-likeness (QED) is 0.342. The molecule has 0 bridgehead atoms. The third-order valence-electron chi connectivity index (χ3n) is 0.746. The summed E-state index contributed by atoms with van der Waals surface area (Å²) in [5.74, 6) is -0.448. The Morgan fingerprint density at radius 2 is 2.18 bits per heavy atom. The first kappa shape index (κ1) is 14.0. The molecule has 0 radical (unpaired) electrons. The van der Waals surface area contributed by atoms with Crippen LogP contribution >= 0.6 is 0 Å². The van der Waals surface area contributed by atoms with Crippen LogP contribution in [0.25, 0.3) is 0 Å². The molecule has 0 unspecified atom stereocenters. The van der Waals surface area contributed by atoms with E-state index in [4.69, 9.17) is 10.8 Å². The van der Waals surface area contributed by atoms with Gasteiger partial charge in [0.05, 0.1) is 6.07 Å². The number of hydrogen-bond acceptors (Lipinski definition) is 4. The fourth-order valence-corrected chi connectivity index (χ4v) is 0.463. The van der Waals surface area contributed by atoms with Crippen LogP contribution in [-0.2, 0) is 0 Å². The molecule has 5 nitrogen and oxygen atoms in total. The molecule has 1 aromatic heterocycles. The van der Waals surface area contributed by atoms with Gasteiger partial charge in [-0.1, -0.05) is 0 Å². The van der Waals surface area contributed by atoms with Crippen LogP contribution in [0.3, 0.4) is 0 Å². The monoisotopic (exact) mass is 175 g/mol. The normalized spacial score (nSPS) is 7.64. The molecule has 0 saturated carbocycles. The standard InChI is InChI=1S/C4H5N3O2.2Na.2H/c5-4-6-2(8)1-3(9)7-4;;;;/h1H,(H4,5,6,7,8,9);;;;/q;2*+1;2*-1. The van der Waals surface area contributed by atoms with Gasteiger partial charge in [0, 0.05) is 0 Å². The summed E-state index contributed by atoms with van der Waals surface area (Å²) in [6.45, 7) is 0. The third kappa shape index (κ3) is 4.84. The zero-order valence-electron chi connectivity index (χ0n) is 8.46. The summed E-state index contributed by atoms with van der Waals surface area (Å²) in [4.78, 5) is 15.8. The second kappa shape index (κ2) is 6.05. The summed E-state index contributed by atoms with van der Waals surface area (Å²) in [6, 6.07) is 0.941. The van der Waals surface area contributed by atoms with Gasteiger partial charge >= 0.3 is 59.1 Å². The van der Waals surface area contributed by atoms with Crippen LogP contribution < -0.4 is 70.4 Å². The summed E-state index contributed by atoms with van der Waals surface area (Å²) in [7, 11) is 0. The number of rotatable bonds is 0. The van der Waals surface area contributed by atoms with E-state index in [2.05, 4.69) is 9.97 Å². The van der Waals surface area contributed by atoms with Crippen LogP contribution in [0.5, 0.6) is 5.88 Å². The maximum absolute atomic E-state index is 10.4. The predicted molar refractivity (Wildman–Crippen MR) is 33.2 cm³/mol. The van der Waals surface area contributed by atoms with Gasteiger partial charge in [-0.2, -0.15) is 4.98 Å². The van der Waals surface area contributed by atoms with Crippen molar-refractivity contribution >= 4 is 5.95 Å². The minimum absolute atomic E-state index is 0. The van der Waals surface area contributed by atoms with E-state index in [1.807, 2.05) is 0 Å². The summed E-state index contributed by atoms with van der Waals surface area (Å²) in [5, 5.41) is 8.58. The number of hydrogen-bond donors (Lipinski definition) is 3. The predicted octanol–water partition coefficient (Wildman–Crippen LogP) is -6.71. The van der Waals surface area contributed by atoms with Gasteiger partial charge in [0.2, 0.25) is 11.8 Å². The minimum Gasteiger partial charge on any atom is -1.00 e. The van der Waals surface area contributed by atoms with Crippen molar-refractivity contribution in [3.63, 3.8) is 0 Å². The Morgan fingerprint density at radius 1 is 1.64 bits per heavy atom. The Bertz CT molecular complexity index is 259. The number of aromatic hydroxyl groups is 1. The van der Waals surface area contributed by atoms with Crippen molar-refractivity contribution in [2.45, 2.75) is 0 Å². The number of nitrogen functional groups attached to an aromatic ring is 1. The maximum Gasteiger partial charge on any atom is 1.00 e. The van der Waals surface area contributed by atoms with E-state index in [0.717, 1.165) is 6.07 Å². The Hall–Kier alpha value is 0.480. The average molecular weight is 175 g/mol. The van der Waals surface area contributed by atoms with Crippen molar-refractivity contribution in [3.05, 3.63) is 16.4 Å². The number of nitrogens with one attached hydrogen (secondary N) is 1. The molecule has 0 fully saturated rings. The molecule has 0 aliphatic heterocycles. The molecular formula is C4H7N3Na2O2. The Kier molecular flexibility index (Phi) is 7.71. The van der Waals surface area contributed by atoms with E-state index in [1.54, 1.807) is 0 Å². The smallest absolute Gasteiger partial charge is 1.00 e. The minimum atomic E-state index is -0.458. The molecule has 7 heteroatoms. The number of nitrogens with two attached hydrogens (primary N) is 1. The van der Waals surface area contributed by atoms with Crippen molar-refractivity contribution in [1.29, 1.82) is 0 Å². The number of H-pyrrole nitrogens is 1. The largest absolute Gasteiger partial charge is 1.00 e. The molecular weight excluding hydrogens is 168 g/mol. The average Bonchev–Trinajstić information content (AvgIpc) is 1.59. The molecule has 1 aromatic rings. The molecule has 0 aliphatic carbocycles. The molecule has 0 saturated heterocycles. The SMILES string of the molecule is Nc1nc(O)cc(=O)[nH]1.[H-].[H-].[Na+].[Na+]. The molecule has 0 amide bonds. The van der Waals surface area contributed by atoms with Crippen molar-refractivity contribution in [2.24, 2.45) is 0 Å². The number of aromatic amines is 1. The molecule has 4 N–H and O–H groups in total. The van der Waals surface area contributed by atoms with E-state index in [0.29, 0.717) is 0 Å². The van der Waals surface area contributed by atoms with Crippen LogP contribution in [0.2, 0.25) is 0 Å². The first-order valence-corrected chi connectivity index (χ1v) is 2.24. The molecule has 0 aromatic carbocycles. The summed E-state index contributed by atoms with van der Waals surface area (Å²) < 4.78 is 0. The zero-order chi connectivity index (χ0) is 6.85. The van der Waals surface area contributed by atoms with E-state index in [-0.39, 0.29) is 73.8 Å². The molecule has 1 heterocycles. The van der Waals surface area contributed by atoms with Gasteiger partial charge in [0.15, 0.2) is 0 Å². The second-order valence-corrected chi connectivity index (χ2v) is 1.49. The van der Waals surface area contributed by atoms with Crippen LogP contribution in [-0.4, -0.2) is 15.1 Å². The van der Waals surface area contributed by atoms with E-state index in [1.165, 1.54) is 0 Å². The molecule has 11 heavy (non-hydrogen) atoms. The van der Waals surface area contributed by atoms with Crippen LogP contribution in [0.1, 0.15) is 2.85 Å². The van der Waals surface area contributed by atoms with Crippen molar-refractivity contribution in [2.75, 3.05) is 5.73 Å². The van der Waals surface area contributed by atoms with E-state index >= 15 is 0 Å². The third-order valence-corrected chi connectivity index (χ3v) is 0.746. The molecule has 52 valence electrons. The molecule has 0 spiro atoms. The van der Waals surface area contributed by atoms with Gasteiger partial charge in [-0.25, -0.2) is 0 Å². The zero-order valence-corrected chi connectivity index (χ0v) is 10.5. The number of aromatic nitrogens is 2. The number of nitrogens with zero attached hydrogens (tertiary/aromatic N) is 1. The summed E-state index contributed by atoms with van der Waals surface area (Å²) in [5.41, 5.74) is 4.57. The molecule has 0 aliphatic rings. The summed E-state index contributed by atoms with van der Waals surface area (Å²) in [6.07, 6.45) is 0. The van der Waals surface area contributed by atoms with Gasteiger partial charge in [-0.05, 0) is 0 Å². The van der Waals surface area contributed by atoms with E-state index in [9.17, 15) is 4.79 Å². The number of anilines is 1. The maximum atomic E-state index is 10.4. The van der Waals surface area contributed by atoms with E-state index < -0.39 is 5.56 Å². The van der Waals surface area contributed by atoms with Crippen molar-refractivity contribution < 1.29 is 67.1 Å². The second-order valence-electron chi connectivity index (χ2n) is 1.49. The van der Waals surface area contributed by atoms with Crippen molar-refractivity contribution in [1.82, 2.24) is 9.97 Å². The Morgan fingerprint density at radius 3 is 2.55 bits per heavy atom. The Balaban J connectivity index is -0.000000101. The van der Waals surface area contributed by atoms with Crippen LogP contribution in [0, 0.1) is 0 Å². The Labute approximate surface area is 110 Å². The summed E-state index contributed by atoms with van der Waals surface area (Å²) >= 11 is 0. The van der Waals surface area contributed by atoms with Gasteiger partial charge in [0.1, 0.15) is 0 Å².